The number of fused-ring (bicyclic) bond motifs is 1. The molecule has 0 radical (unpaired) electrons. The molecule has 114 valence electrons. The first-order chi connectivity index (χ1) is 10.6. The molecule has 3 N–H and O–H groups in total. The number of aliphatic imine (C=N–C) groups is 2. The maximum absolute atomic E-state index is 12.4. The fraction of sp³-hybridized carbons (Fsp3) is 0.353. The molecule has 0 fully saturated rings. The first-order valence-corrected chi connectivity index (χ1v) is 7.55. The number of aromatic nitrogens is 1. The minimum Gasteiger partial charge on any atom is -0.382 e. The van der Waals surface area contributed by atoms with Gasteiger partial charge in [-0.2, -0.15) is 0 Å². The van der Waals surface area contributed by atoms with Crippen LogP contribution in [0.25, 0.3) is 10.9 Å². The number of H-pyrrole nitrogens is 1. The highest BCUT2D eigenvalue weighted by Crippen LogP contribution is 2.15. The van der Waals surface area contributed by atoms with Crippen LogP contribution in [0, 0.1) is 12.8 Å². The smallest absolute Gasteiger partial charge is 0.193 e. The third-order valence-corrected chi connectivity index (χ3v) is 4.10. The van der Waals surface area contributed by atoms with Crippen molar-refractivity contribution in [2.75, 3.05) is 6.54 Å². The number of aromatic amines is 1. The molecule has 5 nitrogen and oxygen atoms in total. The SMILES string of the molecule is Cc1c(C(N)=NC2=NCC(C)CC2)[nH]c2ccccc2c1=O. The molecule has 22 heavy (non-hydrogen) atoms. The first kappa shape index (κ1) is 14.5. The van der Waals surface area contributed by atoms with Crippen molar-refractivity contribution in [1.82, 2.24) is 4.98 Å². The van der Waals surface area contributed by atoms with Gasteiger partial charge in [0.1, 0.15) is 11.7 Å². The number of amidine groups is 2. The number of hydrogen-bond acceptors (Lipinski definition) is 3. The van der Waals surface area contributed by atoms with E-state index in [2.05, 4.69) is 21.9 Å². The zero-order valence-electron chi connectivity index (χ0n) is 12.9. The lowest BCUT2D eigenvalue weighted by Gasteiger charge is -2.15. The van der Waals surface area contributed by atoms with Crippen LogP contribution < -0.4 is 11.2 Å². The van der Waals surface area contributed by atoms with Crippen LogP contribution in [0.5, 0.6) is 0 Å². The molecular formula is C17H20N4O. The molecule has 0 bridgehead atoms. The van der Waals surface area contributed by atoms with Crippen molar-refractivity contribution in [3.63, 3.8) is 0 Å². The molecule has 2 heterocycles. The molecule has 0 saturated heterocycles. The van der Waals surface area contributed by atoms with E-state index in [0.29, 0.717) is 28.4 Å². The molecule has 1 aromatic carbocycles. The van der Waals surface area contributed by atoms with Gasteiger partial charge in [-0.15, -0.1) is 0 Å². The van der Waals surface area contributed by atoms with E-state index in [9.17, 15) is 4.79 Å². The summed E-state index contributed by atoms with van der Waals surface area (Å²) in [6.45, 7) is 4.74. The normalized spacial score (nSPS) is 19.3. The maximum Gasteiger partial charge on any atom is 0.193 e. The summed E-state index contributed by atoms with van der Waals surface area (Å²) in [6, 6.07) is 7.42. The number of nitrogens with zero attached hydrogens (tertiary/aromatic N) is 2. The molecule has 0 saturated carbocycles. The van der Waals surface area contributed by atoms with Crippen LogP contribution in [0.15, 0.2) is 39.0 Å². The summed E-state index contributed by atoms with van der Waals surface area (Å²) in [5.41, 5.74) is 8.05. The molecule has 2 aromatic rings. The summed E-state index contributed by atoms with van der Waals surface area (Å²) in [7, 11) is 0. The van der Waals surface area contributed by atoms with E-state index in [4.69, 9.17) is 5.73 Å². The Morgan fingerprint density at radius 1 is 1.41 bits per heavy atom. The summed E-state index contributed by atoms with van der Waals surface area (Å²) < 4.78 is 0. The molecule has 0 amide bonds. The van der Waals surface area contributed by atoms with Gasteiger partial charge in [-0.3, -0.25) is 9.79 Å². The zero-order chi connectivity index (χ0) is 15.7. The highest BCUT2D eigenvalue weighted by atomic mass is 16.1. The highest BCUT2D eigenvalue weighted by Gasteiger charge is 2.14. The predicted octanol–water partition coefficient (Wildman–Crippen LogP) is 2.37. The quantitative estimate of drug-likeness (QED) is 0.625. The van der Waals surface area contributed by atoms with Crippen molar-refractivity contribution in [3.8, 4) is 0 Å². The minimum absolute atomic E-state index is 0.0123. The van der Waals surface area contributed by atoms with Crippen molar-refractivity contribution in [2.45, 2.75) is 26.7 Å². The van der Waals surface area contributed by atoms with Gasteiger partial charge in [0, 0.05) is 29.4 Å². The van der Waals surface area contributed by atoms with Gasteiger partial charge < -0.3 is 10.7 Å². The summed E-state index contributed by atoms with van der Waals surface area (Å²) in [4.78, 5) is 24.5. The third-order valence-electron chi connectivity index (χ3n) is 4.10. The van der Waals surface area contributed by atoms with Crippen LogP contribution in [0.1, 0.15) is 31.0 Å². The molecule has 1 atom stereocenters. The molecule has 1 aliphatic rings. The van der Waals surface area contributed by atoms with Gasteiger partial charge in [-0.05, 0) is 31.4 Å². The van der Waals surface area contributed by atoms with Gasteiger partial charge in [0.25, 0.3) is 0 Å². The first-order valence-electron chi connectivity index (χ1n) is 7.55. The largest absolute Gasteiger partial charge is 0.382 e. The van der Waals surface area contributed by atoms with Crippen molar-refractivity contribution in [3.05, 3.63) is 45.7 Å². The van der Waals surface area contributed by atoms with E-state index in [1.165, 1.54) is 0 Å². The van der Waals surface area contributed by atoms with Crippen molar-refractivity contribution >= 4 is 22.6 Å². The highest BCUT2D eigenvalue weighted by molar-refractivity contribution is 6.06. The standard InChI is InChI=1S/C17H20N4O/c1-10-7-8-14(19-9-10)21-17(18)15-11(2)16(22)12-5-3-4-6-13(12)20-15/h3-6,10H,7-9H2,1-2H3,(H,20,22)(H2,18,19,21). The monoisotopic (exact) mass is 296 g/mol. The number of para-hydroxylation sites is 1. The molecule has 3 rings (SSSR count). The Morgan fingerprint density at radius 3 is 2.91 bits per heavy atom. The molecule has 1 aromatic heterocycles. The van der Waals surface area contributed by atoms with Crippen LogP contribution in [0.3, 0.4) is 0 Å². The molecule has 0 spiro atoms. The summed E-state index contributed by atoms with van der Waals surface area (Å²) >= 11 is 0. The Morgan fingerprint density at radius 2 is 2.18 bits per heavy atom. The number of benzene rings is 1. The van der Waals surface area contributed by atoms with Crippen molar-refractivity contribution < 1.29 is 0 Å². The number of nitrogens with two attached hydrogens (primary N) is 1. The molecule has 0 aliphatic carbocycles. The van der Waals surface area contributed by atoms with Crippen LogP contribution in [0.4, 0.5) is 0 Å². The number of nitrogens with one attached hydrogen (secondary N) is 1. The number of rotatable bonds is 1. The van der Waals surface area contributed by atoms with Crippen LogP contribution in [-0.2, 0) is 0 Å². The second-order valence-electron chi connectivity index (χ2n) is 5.90. The Balaban J connectivity index is 2.06. The average molecular weight is 296 g/mol. The predicted molar refractivity (Wildman–Crippen MR) is 90.7 cm³/mol. The van der Waals surface area contributed by atoms with E-state index < -0.39 is 0 Å². The third kappa shape index (κ3) is 2.66. The fourth-order valence-corrected chi connectivity index (χ4v) is 2.68. The molecule has 5 heteroatoms. The Labute approximate surface area is 129 Å². The van der Waals surface area contributed by atoms with Gasteiger partial charge >= 0.3 is 0 Å². The summed E-state index contributed by atoms with van der Waals surface area (Å²) in [5, 5.41) is 0.667. The maximum atomic E-state index is 12.4. The number of pyridine rings is 1. The zero-order valence-corrected chi connectivity index (χ0v) is 12.9. The minimum atomic E-state index is -0.0123. The van der Waals surface area contributed by atoms with E-state index >= 15 is 0 Å². The lowest BCUT2D eigenvalue weighted by molar-refractivity contribution is 0.536. The lowest BCUT2D eigenvalue weighted by Crippen LogP contribution is -2.24. The summed E-state index contributed by atoms with van der Waals surface area (Å²) in [6.07, 6.45) is 1.90. The van der Waals surface area contributed by atoms with E-state index in [0.717, 1.165) is 30.7 Å². The van der Waals surface area contributed by atoms with Crippen LogP contribution in [0.2, 0.25) is 0 Å². The van der Waals surface area contributed by atoms with Gasteiger partial charge in [-0.25, -0.2) is 4.99 Å². The molecular weight excluding hydrogens is 276 g/mol. The second kappa shape index (κ2) is 5.75. The second-order valence-corrected chi connectivity index (χ2v) is 5.90. The fourth-order valence-electron chi connectivity index (χ4n) is 2.68. The van der Waals surface area contributed by atoms with Crippen molar-refractivity contribution in [2.24, 2.45) is 21.6 Å². The Hall–Kier alpha value is -2.43. The van der Waals surface area contributed by atoms with Crippen molar-refractivity contribution in [1.29, 1.82) is 0 Å². The number of hydrogen-bond donors (Lipinski definition) is 2. The molecule has 1 unspecified atom stereocenters. The van der Waals surface area contributed by atoms with Gasteiger partial charge in [0.15, 0.2) is 5.43 Å². The molecule has 1 aliphatic heterocycles. The van der Waals surface area contributed by atoms with Gasteiger partial charge in [0.05, 0.1) is 5.69 Å². The van der Waals surface area contributed by atoms with E-state index in [1.54, 1.807) is 6.92 Å². The topological polar surface area (TPSA) is 83.6 Å². The van der Waals surface area contributed by atoms with E-state index in [1.807, 2.05) is 24.3 Å². The Kier molecular flexibility index (Phi) is 3.79. The lowest BCUT2D eigenvalue weighted by atomic mass is 10.0. The van der Waals surface area contributed by atoms with Gasteiger partial charge in [-0.1, -0.05) is 19.1 Å². The average Bonchev–Trinajstić information content (AvgIpc) is 2.53. The van der Waals surface area contributed by atoms with Gasteiger partial charge in [0.2, 0.25) is 0 Å². The summed E-state index contributed by atoms with van der Waals surface area (Å²) in [5.74, 6) is 1.69. The van der Waals surface area contributed by atoms with E-state index in [-0.39, 0.29) is 5.43 Å². The Bertz CT molecular complexity index is 832. The van der Waals surface area contributed by atoms with Crippen LogP contribution in [-0.4, -0.2) is 23.2 Å². The van der Waals surface area contributed by atoms with Crippen LogP contribution >= 0.6 is 0 Å².